The molecule has 0 amide bonds. The average Bonchev–Trinajstić information content (AvgIpc) is 2.07. The summed E-state index contributed by atoms with van der Waals surface area (Å²) in [7, 11) is 0. The lowest BCUT2D eigenvalue weighted by Crippen LogP contribution is -2.36. The third-order valence-electron chi connectivity index (χ3n) is 1.99. The molecule has 1 saturated heterocycles. The van der Waals surface area contributed by atoms with E-state index < -0.39 is 0 Å². The summed E-state index contributed by atoms with van der Waals surface area (Å²) in [6, 6.07) is 0. The van der Waals surface area contributed by atoms with Crippen LogP contribution >= 0.6 is 12.6 Å². The van der Waals surface area contributed by atoms with Gasteiger partial charge in [-0.1, -0.05) is 0 Å². The zero-order valence-corrected chi connectivity index (χ0v) is 7.85. The first kappa shape index (κ1) is 9.36. The van der Waals surface area contributed by atoms with E-state index >= 15 is 0 Å². The summed E-state index contributed by atoms with van der Waals surface area (Å²) >= 11 is 4.18. The van der Waals surface area contributed by atoms with Crippen LogP contribution in [0.15, 0.2) is 0 Å². The summed E-state index contributed by atoms with van der Waals surface area (Å²) in [6.45, 7) is 5.30. The Morgan fingerprint density at radius 3 is 2.55 bits per heavy atom. The van der Waals surface area contributed by atoms with Crippen LogP contribution in [0.4, 0.5) is 0 Å². The van der Waals surface area contributed by atoms with Crippen LogP contribution in [-0.4, -0.2) is 43.5 Å². The van der Waals surface area contributed by atoms with E-state index in [9.17, 15) is 0 Å². The van der Waals surface area contributed by atoms with Gasteiger partial charge in [0.05, 0.1) is 13.2 Å². The van der Waals surface area contributed by atoms with E-state index in [0.29, 0.717) is 0 Å². The van der Waals surface area contributed by atoms with Gasteiger partial charge in [0.1, 0.15) is 0 Å². The molecule has 2 nitrogen and oxygen atoms in total. The molecule has 0 aromatic carbocycles. The molecule has 1 fully saturated rings. The first-order valence-corrected chi connectivity index (χ1v) is 4.97. The zero-order chi connectivity index (χ0) is 7.94. The fourth-order valence-electron chi connectivity index (χ4n) is 1.27. The second-order valence-corrected chi connectivity index (χ2v) is 3.33. The highest BCUT2D eigenvalue weighted by Gasteiger charge is 2.08. The number of hydrogen-bond donors (Lipinski definition) is 1. The van der Waals surface area contributed by atoms with Gasteiger partial charge in [0, 0.05) is 13.1 Å². The van der Waals surface area contributed by atoms with Gasteiger partial charge in [0.15, 0.2) is 0 Å². The molecule has 3 heteroatoms. The topological polar surface area (TPSA) is 12.5 Å². The third kappa shape index (κ3) is 3.99. The normalized spacial score (nSPS) is 20.5. The summed E-state index contributed by atoms with van der Waals surface area (Å²) < 4.78 is 5.25. The number of thiol groups is 1. The first-order chi connectivity index (χ1) is 5.43. The highest BCUT2D eigenvalue weighted by molar-refractivity contribution is 7.80. The van der Waals surface area contributed by atoms with Crippen molar-refractivity contribution in [2.45, 2.75) is 12.8 Å². The minimum absolute atomic E-state index is 0.918. The molecule has 0 saturated carbocycles. The highest BCUT2D eigenvalue weighted by Crippen LogP contribution is 2.00. The van der Waals surface area contributed by atoms with Gasteiger partial charge in [0.25, 0.3) is 0 Å². The van der Waals surface area contributed by atoms with Crippen LogP contribution in [-0.2, 0) is 4.74 Å². The van der Waals surface area contributed by atoms with Crippen molar-refractivity contribution in [1.29, 1.82) is 0 Å². The Balaban J connectivity index is 1.96. The monoisotopic (exact) mass is 175 g/mol. The molecule has 0 N–H and O–H groups in total. The van der Waals surface area contributed by atoms with Crippen LogP contribution in [0.1, 0.15) is 12.8 Å². The van der Waals surface area contributed by atoms with Crippen molar-refractivity contribution in [1.82, 2.24) is 4.90 Å². The molecule has 11 heavy (non-hydrogen) atoms. The maximum Gasteiger partial charge on any atom is 0.0594 e. The molecule has 0 unspecified atom stereocenters. The predicted molar refractivity (Wildman–Crippen MR) is 50.3 cm³/mol. The van der Waals surface area contributed by atoms with Gasteiger partial charge < -0.3 is 4.74 Å². The Morgan fingerprint density at radius 2 is 1.91 bits per heavy atom. The molecule has 0 aromatic heterocycles. The van der Waals surface area contributed by atoms with Crippen LogP contribution < -0.4 is 0 Å². The lowest BCUT2D eigenvalue weighted by atomic mass is 10.3. The number of ether oxygens (including phenoxy) is 1. The summed E-state index contributed by atoms with van der Waals surface area (Å²) in [6.07, 6.45) is 2.52. The molecule has 0 aromatic rings. The fraction of sp³-hybridized carbons (Fsp3) is 1.00. The number of rotatable bonds is 4. The van der Waals surface area contributed by atoms with E-state index in [1.54, 1.807) is 0 Å². The molecule has 66 valence electrons. The zero-order valence-electron chi connectivity index (χ0n) is 6.96. The van der Waals surface area contributed by atoms with Crippen molar-refractivity contribution < 1.29 is 4.74 Å². The van der Waals surface area contributed by atoms with E-state index in [0.717, 1.165) is 32.1 Å². The lowest BCUT2D eigenvalue weighted by Gasteiger charge is -2.26. The number of nitrogens with zero attached hydrogens (tertiary/aromatic N) is 1. The van der Waals surface area contributed by atoms with Gasteiger partial charge in [-0.25, -0.2) is 0 Å². The van der Waals surface area contributed by atoms with E-state index in [1.165, 1.54) is 19.4 Å². The predicted octanol–water partition coefficient (Wildman–Crippen LogP) is 1.03. The molecule has 0 bridgehead atoms. The molecule has 0 radical (unpaired) electrons. The molecule has 1 aliphatic rings. The van der Waals surface area contributed by atoms with Crippen molar-refractivity contribution >= 4 is 12.6 Å². The smallest absolute Gasteiger partial charge is 0.0594 e. The SMILES string of the molecule is SCCCCN1CCOCC1. The molecule has 1 heterocycles. The molecule has 1 aliphatic heterocycles. The fourth-order valence-corrected chi connectivity index (χ4v) is 1.50. The molecular formula is C8H17NOS. The van der Waals surface area contributed by atoms with Gasteiger partial charge in [-0.3, -0.25) is 4.90 Å². The molecule has 0 aliphatic carbocycles. The van der Waals surface area contributed by atoms with Gasteiger partial charge in [0.2, 0.25) is 0 Å². The van der Waals surface area contributed by atoms with Gasteiger partial charge >= 0.3 is 0 Å². The maximum absolute atomic E-state index is 5.25. The quantitative estimate of drug-likeness (QED) is 0.506. The lowest BCUT2D eigenvalue weighted by molar-refractivity contribution is 0.0374. The maximum atomic E-state index is 5.25. The number of unbranched alkanes of at least 4 members (excludes halogenated alkanes) is 1. The number of morpholine rings is 1. The van der Waals surface area contributed by atoms with E-state index in [1.807, 2.05) is 0 Å². The largest absolute Gasteiger partial charge is 0.379 e. The van der Waals surface area contributed by atoms with Crippen LogP contribution in [0.2, 0.25) is 0 Å². The summed E-state index contributed by atoms with van der Waals surface area (Å²) in [5.41, 5.74) is 0. The van der Waals surface area contributed by atoms with E-state index in [-0.39, 0.29) is 0 Å². The van der Waals surface area contributed by atoms with Gasteiger partial charge in [-0.2, -0.15) is 12.6 Å². The Labute approximate surface area is 74.3 Å². The Kier molecular flexibility index (Phi) is 4.99. The summed E-state index contributed by atoms with van der Waals surface area (Å²) in [4.78, 5) is 2.47. The summed E-state index contributed by atoms with van der Waals surface area (Å²) in [5, 5.41) is 0. The second kappa shape index (κ2) is 5.86. The average molecular weight is 175 g/mol. The van der Waals surface area contributed by atoms with Crippen LogP contribution in [0.25, 0.3) is 0 Å². The van der Waals surface area contributed by atoms with E-state index in [2.05, 4.69) is 17.5 Å². The molecular weight excluding hydrogens is 158 g/mol. The second-order valence-electron chi connectivity index (χ2n) is 2.88. The van der Waals surface area contributed by atoms with Crippen molar-refractivity contribution in [3.63, 3.8) is 0 Å². The minimum atomic E-state index is 0.918. The first-order valence-electron chi connectivity index (χ1n) is 4.34. The van der Waals surface area contributed by atoms with Crippen molar-refractivity contribution in [3.8, 4) is 0 Å². The van der Waals surface area contributed by atoms with Crippen molar-refractivity contribution in [2.24, 2.45) is 0 Å². The highest BCUT2D eigenvalue weighted by atomic mass is 32.1. The third-order valence-corrected chi connectivity index (χ3v) is 2.30. The number of hydrogen-bond acceptors (Lipinski definition) is 3. The Morgan fingerprint density at radius 1 is 1.18 bits per heavy atom. The molecule has 1 rings (SSSR count). The Bertz CT molecular complexity index is 94.1. The Hall–Kier alpha value is 0.270. The van der Waals surface area contributed by atoms with Crippen molar-refractivity contribution in [2.75, 3.05) is 38.6 Å². The van der Waals surface area contributed by atoms with Gasteiger partial charge in [-0.05, 0) is 25.1 Å². The van der Waals surface area contributed by atoms with Crippen molar-refractivity contribution in [3.05, 3.63) is 0 Å². The van der Waals surface area contributed by atoms with Crippen LogP contribution in [0, 0.1) is 0 Å². The molecule has 0 spiro atoms. The van der Waals surface area contributed by atoms with Crippen LogP contribution in [0.3, 0.4) is 0 Å². The standard InChI is InChI=1S/C8H17NOS/c11-8-2-1-3-9-4-6-10-7-5-9/h11H,1-8H2. The minimum Gasteiger partial charge on any atom is -0.379 e. The van der Waals surface area contributed by atoms with Gasteiger partial charge in [-0.15, -0.1) is 0 Å². The summed E-state index contributed by atoms with van der Waals surface area (Å²) in [5.74, 6) is 1.02. The van der Waals surface area contributed by atoms with Crippen LogP contribution in [0.5, 0.6) is 0 Å². The molecule has 0 atom stereocenters. The van der Waals surface area contributed by atoms with E-state index in [4.69, 9.17) is 4.74 Å².